The van der Waals surface area contributed by atoms with Gasteiger partial charge < -0.3 is 14.3 Å². The van der Waals surface area contributed by atoms with Crippen molar-refractivity contribution in [3.05, 3.63) is 65.3 Å². The molecule has 8 heteroatoms. The molecule has 0 atom stereocenters. The molecule has 1 aliphatic heterocycles. The predicted molar refractivity (Wildman–Crippen MR) is 122 cm³/mol. The molecule has 3 heterocycles. The van der Waals surface area contributed by atoms with E-state index in [-0.39, 0.29) is 5.91 Å². The van der Waals surface area contributed by atoms with Gasteiger partial charge in [-0.25, -0.2) is 0 Å². The van der Waals surface area contributed by atoms with Gasteiger partial charge in [-0.2, -0.15) is 0 Å². The number of H-pyrrole nitrogens is 1. The van der Waals surface area contributed by atoms with Crippen molar-refractivity contribution in [1.82, 2.24) is 20.1 Å². The number of halogens is 1. The van der Waals surface area contributed by atoms with Gasteiger partial charge in [0, 0.05) is 40.8 Å². The number of carbonyl (C=O) groups is 1. The van der Waals surface area contributed by atoms with Crippen molar-refractivity contribution in [2.45, 2.75) is 24.0 Å². The van der Waals surface area contributed by atoms with Crippen LogP contribution in [0.15, 0.2) is 64.4 Å². The van der Waals surface area contributed by atoms with E-state index in [2.05, 4.69) is 39.6 Å². The van der Waals surface area contributed by atoms with Crippen LogP contribution in [-0.2, 0) is 4.79 Å². The fraction of sp³-hybridized carbons (Fsp3) is 0.261. The number of fused-ring (bicyclic) bond motifs is 1. The summed E-state index contributed by atoms with van der Waals surface area (Å²) in [7, 11) is 0. The van der Waals surface area contributed by atoms with Gasteiger partial charge in [-0.3, -0.25) is 4.79 Å². The second-order valence-electron chi connectivity index (χ2n) is 7.61. The van der Waals surface area contributed by atoms with Crippen LogP contribution in [0, 0.1) is 0 Å². The number of hydrogen-bond donors (Lipinski definition) is 1. The van der Waals surface area contributed by atoms with Crippen LogP contribution in [0.1, 0.15) is 24.3 Å². The molecule has 1 aliphatic rings. The van der Waals surface area contributed by atoms with E-state index in [0.717, 1.165) is 31.5 Å². The van der Waals surface area contributed by atoms with Gasteiger partial charge in [0.1, 0.15) is 0 Å². The SMILES string of the molecule is O=C(CSc1nnc(-c2ccc(Cl)cc2)o1)N1CCC(c2c[nH]c3ccccc23)CC1. The molecule has 4 aromatic rings. The van der Waals surface area contributed by atoms with Crippen LogP contribution >= 0.6 is 23.4 Å². The molecule has 31 heavy (non-hydrogen) atoms. The Labute approximate surface area is 189 Å². The number of piperidine rings is 1. The first kappa shape index (κ1) is 20.2. The highest BCUT2D eigenvalue weighted by Crippen LogP contribution is 2.33. The van der Waals surface area contributed by atoms with Gasteiger partial charge in [-0.1, -0.05) is 41.6 Å². The minimum Gasteiger partial charge on any atom is -0.411 e. The second-order valence-corrected chi connectivity index (χ2v) is 8.98. The molecule has 2 aromatic carbocycles. The van der Waals surface area contributed by atoms with Gasteiger partial charge in [0.2, 0.25) is 11.8 Å². The summed E-state index contributed by atoms with van der Waals surface area (Å²) in [4.78, 5) is 18.0. The Bertz CT molecular complexity index is 1200. The molecule has 158 valence electrons. The van der Waals surface area contributed by atoms with Gasteiger partial charge in [0.25, 0.3) is 5.22 Å². The van der Waals surface area contributed by atoms with E-state index in [1.807, 2.05) is 23.1 Å². The number of nitrogens with zero attached hydrogens (tertiary/aromatic N) is 3. The van der Waals surface area contributed by atoms with E-state index >= 15 is 0 Å². The van der Waals surface area contributed by atoms with Crippen LogP contribution in [0.25, 0.3) is 22.4 Å². The molecule has 1 fully saturated rings. The van der Waals surface area contributed by atoms with Gasteiger partial charge in [-0.05, 0) is 54.7 Å². The summed E-state index contributed by atoms with van der Waals surface area (Å²) in [5, 5.41) is 10.4. The molecule has 0 aliphatic carbocycles. The highest BCUT2D eigenvalue weighted by Gasteiger charge is 2.25. The number of hydrogen-bond acceptors (Lipinski definition) is 5. The van der Waals surface area contributed by atoms with Gasteiger partial charge in [0.15, 0.2) is 0 Å². The third-order valence-electron chi connectivity index (χ3n) is 5.73. The number of benzene rings is 2. The second kappa shape index (κ2) is 8.77. The molecule has 0 unspecified atom stereocenters. The molecule has 1 amide bonds. The van der Waals surface area contributed by atoms with Crippen LogP contribution < -0.4 is 0 Å². The Morgan fingerprint density at radius 2 is 1.90 bits per heavy atom. The molecule has 0 bridgehead atoms. The summed E-state index contributed by atoms with van der Waals surface area (Å²) in [6, 6.07) is 15.6. The number of para-hydroxylation sites is 1. The van der Waals surface area contributed by atoms with Crippen LogP contribution in [0.3, 0.4) is 0 Å². The average Bonchev–Trinajstić information content (AvgIpc) is 3.45. The van der Waals surface area contributed by atoms with Crippen molar-refractivity contribution < 1.29 is 9.21 Å². The van der Waals surface area contributed by atoms with E-state index in [9.17, 15) is 4.79 Å². The van der Waals surface area contributed by atoms with Crippen molar-refractivity contribution in [2.24, 2.45) is 0 Å². The molecule has 2 aromatic heterocycles. The van der Waals surface area contributed by atoms with Gasteiger partial charge in [0.05, 0.1) is 5.75 Å². The summed E-state index contributed by atoms with van der Waals surface area (Å²) >= 11 is 7.19. The molecule has 1 N–H and O–H groups in total. The summed E-state index contributed by atoms with van der Waals surface area (Å²) < 4.78 is 5.68. The number of carbonyl (C=O) groups excluding carboxylic acids is 1. The Morgan fingerprint density at radius 3 is 2.71 bits per heavy atom. The number of nitrogens with one attached hydrogen (secondary N) is 1. The number of aromatic nitrogens is 3. The van der Waals surface area contributed by atoms with Crippen LogP contribution in [-0.4, -0.2) is 44.8 Å². The Morgan fingerprint density at radius 1 is 1.13 bits per heavy atom. The predicted octanol–water partition coefficient (Wildman–Crippen LogP) is 5.37. The van der Waals surface area contributed by atoms with Crippen LogP contribution in [0.5, 0.6) is 0 Å². The number of amides is 1. The zero-order valence-corrected chi connectivity index (χ0v) is 18.3. The van der Waals surface area contributed by atoms with Crippen molar-refractivity contribution in [1.29, 1.82) is 0 Å². The van der Waals surface area contributed by atoms with Crippen molar-refractivity contribution in [2.75, 3.05) is 18.8 Å². The highest BCUT2D eigenvalue weighted by atomic mass is 35.5. The number of aromatic amines is 1. The molecular formula is C23H21ClN4O2S. The quantitative estimate of drug-likeness (QED) is 0.412. The van der Waals surface area contributed by atoms with Gasteiger partial charge >= 0.3 is 0 Å². The fourth-order valence-electron chi connectivity index (χ4n) is 4.06. The first-order valence-electron chi connectivity index (χ1n) is 10.2. The monoisotopic (exact) mass is 452 g/mol. The smallest absolute Gasteiger partial charge is 0.277 e. The maximum Gasteiger partial charge on any atom is 0.277 e. The Balaban J connectivity index is 1.15. The lowest BCUT2D eigenvalue weighted by atomic mass is 9.89. The molecule has 5 rings (SSSR count). The highest BCUT2D eigenvalue weighted by molar-refractivity contribution is 7.99. The lowest BCUT2D eigenvalue weighted by Gasteiger charge is -2.32. The average molecular weight is 453 g/mol. The molecule has 0 spiro atoms. The Hall–Kier alpha value is -2.77. The first-order valence-corrected chi connectivity index (χ1v) is 11.6. The van der Waals surface area contributed by atoms with Gasteiger partial charge in [-0.15, -0.1) is 10.2 Å². The number of thioether (sulfide) groups is 1. The van der Waals surface area contributed by atoms with E-state index in [1.54, 1.807) is 12.1 Å². The summed E-state index contributed by atoms with van der Waals surface area (Å²) in [6.45, 7) is 1.53. The van der Waals surface area contributed by atoms with Crippen LogP contribution in [0.4, 0.5) is 0 Å². The number of likely N-dealkylation sites (tertiary alicyclic amines) is 1. The molecule has 0 radical (unpaired) electrons. The lowest BCUT2D eigenvalue weighted by Crippen LogP contribution is -2.38. The van der Waals surface area contributed by atoms with Crippen molar-refractivity contribution in [3.8, 4) is 11.5 Å². The largest absolute Gasteiger partial charge is 0.411 e. The van der Waals surface area contributed by atoms with Crippen molar-refractivity contribution in [3.63, 3.8) is 0 Å². The molecule has 1 saturated heterocycles. The van der Waals surface area contributed by atoms with E-state index in [0.29, 0.717) is 27.8 Å². The molecule has 0 saturated carbocycles. The standard InChI is InChI=1S/C23H21ClN4O2S/c24-17-7-5-16(6-8-17)22-26-27-23(30-22)31-14-21(29)28-11-9-15(10-12-28)19-13-25-20-4-2-1-3-18(19)20/h1-8,13,15,25H,9-12,14H2. The van der Waals surface area contributed by atoms with E-state index in [1.165, 1.54) is 28.2 Å². The topological polar surface area (TPSA) is 75.0 Å². The third-order valence-corrected chi connectivity index (χ3v) is 6.78. The third kappa shape index (κ3) is 4.34. The first-order chi connectivity index (χ1) is 15.2. The summed E-state index contributed by atoms with van der Waals surface area (Å²) in [6.07, 6.45) is 4.07. The maximum absolute atomic E-state index is 12.7. The lowest BCUT2D eigenvalue weighted by molar-refractivity contribution is -0.129. The summed E-state index contributed by atoms with van der Waals surface area (Å²) in [5.41, 5.74) is 3.33. The summed E-state index contributed by atoms with van der Waals surface area (Å²) in [5.74, 6) is 1.30. The van der Waals surface area contributed by atoms with E-state index in [4.69, 9.17) is 16.0 Å². The normalized spacial score (nSPS) is 14.9. The number of rotatable bonds is 5. The molecular weight excluding hydrogens is 432 g/mol. The fourth-order valence-corrected chi connectivity index (χ4v) is 4.86. The van der Waals surface area contributed by atoms with E-state index < -0.39 is 0 Å². The Kier molecular flexibility index (Phi) is 5.70. The van der Waals surface area contributed by atoms with Crippen molar-refractivity contribution >= 4 is 40.2 Å². The maximum atomic E-state index is 12.7. The zero-order chi connectivity index (χ0) is 21.2. The minimum absolute atomic E-state index is 0.105. The molecule has 6 nitrogen and oxygen atoms in total. The zero-order valence-electron chi connectivity index (χ0n) is 16.8. The minimum atomic E-state index is 0.105. The van der Waals surface area contributed by atoms with Crippen LogP contribution in [0.2, 0.25) is 5.02 Å².